The van der Waals surface area contributed by atoms with Crippen LogP contribution in [0.5, 0.6) is 0 Å². The Morgan fingerprint density at radius 1 is 1.38 bits per heavy atom. The maximum absolute atomic E-state index is 12.1. The van der Waals surface area contributed by atoms with Crippen LogP contribution >= 0.6 is 0 Å². The van der Waals surface area contributed by atoms with Crippen molar-refractivity contribution in [1.82, 2.24) is 10.2 Å². The zero-order valence-electron chi connectivity index (χ0n) is 13.1. The van der Waals surface area contributed by atoms with Crippen molar-refractivity contribution in [3.8, 4) is 0 Å². The average Bonchev–Trinajstić information content (AvgIpc) is 2.49. The van der Waals surface area contributed by atoms with Crippen molar-refractivity contribution in [3.05, 3.63) is 35.4 Å². The molecule has 1 saturated heterocycles. The molecule has 0 bridgehead atoms. The Kier molecular flexibility index (Phi) is 5.76. The van der Waals surface area contributed by atoms with Crippen molar-refractivity contribution in [2.45, 2.75) is 45.2 Å². The minimum Gasteiger partial charge on any atom is -0.353 e. The fourth-order valence-electron chi connectivity index (χ4n) is 2.85. The number of rotatable bonds is 5. The van der Waals surface area contributed by atoms with Gasteiger partial charge in [-0.25, -0.2) is 0 Å². The molecule has 1 aliphatic rings. The van der Waals surface area contributed by atoms with Crippen molar-refractivity contribution in [2.75, 3.05) is 19.6 Å². The van der Waals surface area contributed by atoms with Crippen molar-refractivity contribution < 1.29 is 4.79 Å². The Labute approximate surface area is 127 Å². The molecule has 1 fully saturated rings. The summed E-state index contributed by atoms with van der Waals surface area (Å²) in [7, 11) is 0. The van der Waals surface area contributed by atoms with E-state index in [1.807, 2.05) is 31.2 Å². The lowest BCUT2D eigenvalue weighted by Gasteiger charge is -2.33. The Hall–Kier alpha value is -1.39. The van der Waals surface area contributed by atoms with E-state index in [1.54, 1.807) is 0 Å². The third kappa shape index (κ3) is 4.55. The summed E-state index contributed by atoms with van der Waals surface area (Å²) in [6.07, 6.45) is 3.85. The molecule has 3 N–H and O–H groups in total. The number of amides is 1. The fourth-order valence-corrected chi connectivity index (χ4v) is 2.85. The number of nitrogens with one attached hydrogen (secondary N) is 1. The van der Waals surface area contributed by atoms with Gasteiger partial charge in [0.15, 0.2) is 0 Å². The highest BCUT2D eigenvalue weighted by atomic mass is 16.2. The number of nitrogens with two attached hydrogens (primary N) is 1. The molecule has 0 saturated carbocycles. The SMILES string of the molecule is Cc1ccc(C(N)C(=O)NCCN2CCCCC2C)cc1. The van der Waals surface area contributed by atoms with Gasteiger partial charge in [-0.3, -0.25) is 9.69 Å². The Morgan fingerprint density at radius 3 is 2.76 bits per heavy atom. The third-order valence-electron chi connectivity index (χ3n) is 4.36. The predicted octanol–water partition coefficient (Wildman–Crippen LogP) is 1.99. The lowest BCUT2D eigenvalue weighted by molar-refractivity contribution is -0.122. The average molecular weight is 289 g/mol. The van der Waals surface area contributed by atoms with Gasteiger partial charge in [0.05, 0.1) is 0 Å². The van der Waals surface area contributed by atoms with Gasteiger partial charge in [0.1, 0.15) is 6.04 Å². The second-order valence-corrected chi connectivity index (χ2v) is 6.06. The number of hydrogen-bond donors (Lipinski definition) is 2. The van der Waals surface area contributed by atoms with E-state index in [2.05, 4.69) is 17.1 Å². The van der Waals surface area contributed by atoms with Crippen molar-refractivity contribution in [1.29, 1.82) is 0 Å². The summed E-state index contributed by atoms with van der Waals surface area (Å²) in [6, 6.07) is 7.86. The van der Waals surface area contributed by atoms with Gasteiger partial charge in [-0.05, 0) is 38.8 Å². The molecule has 116 valence electrons. The first-order chi connectivity index (χ1) is 10.1. The summed E-state index contributed by atoms with van der Waals surface area (Å²) in [6.45, 7) is 7.01. The molecule has 2 unspecified atom stereocenters. The Morgan fingerprint density at radius 2 is 2.10 bits per heavy atom. The van der Waals surface area contributed by atoms with Gasteiger partial charge < -0.3 is 11.1 Å². The number of hydrogen-bond acceptors (Lipinski definition) is 3. The van der Waals surface area contributed by atoms with E-state index < -0.39 is 6.04 Å². The summed E-state index contributed by atoms with van der Waals surface area (Å²) < 4.78 is 0. The smallest absolute Gasteiger partial charge is 0.241 e. The van der Waals surface area contributed by atoms with Gasteiger partial charge in [0.25, 0.3) is 0 Å². The standard InChI is InChI=1S/C17H27N3O/c1-13-6-8-15(9-7-13)16(18)17(21)19-10-12-20-11-4-3-5-14(20)2/h6-9,14,16H,3-5,10-12,18H2,1-2H3,(H,19,21). The molecular formula is C17H27N3O. The van der Waals surface area contributed by atoms with Gasteiger partial charge in [-0.1, -0.05) is 36.2 Å². The number of nitrogens with zero attached hydrogens (tertiary/aromatic N) is 1. The Balaban J connectivity index is 1.77. The van der Waals surface area contributed by atoms with E-state index in [4.69, 9.17) is 5.73 Å². The predicted molar refractivity (Wildman–Crippen MR) is 86.0 cm³/mol. The number of likely N-dealkylation sites (tertiary alicyclic amines) is 1. The number of carbonyl (C=O) groups excluding carboxylic acids is 1. The lowest BCUT2D eigenvalue weighted by atomic mass is 10.0. The highest BCUT2D eigenvalue weighted by Gasteiger charge is 2.19. The molecule has 0 aromatic heterocycles. The van der Waals surface area contributed by atoms with Gasteiger partial charge in [-0.15, -0.1) is 0 Å². The highest BCUT2D eigenvalue weighted by molar-refractivity contribution is 5.82. The van der Waals surface area contributed by atoms with Crippen LogP contribution < -0.4 is 11.1 Å². The summed E-state index contributed by atoms with van der Waals surface area (Å²) in [5.74, 6) is -0.0940. The highest BCUT2D eigenvalue weighted by Crippen LogP contribution is 2.15. The molecule has 4 nitrogen and oxygen atoms in total. The van der Waals surface area contributed by atoms with E-state index in [0.29, 0.717) is 12.6 Å². The second kappa shape index (κ2) is 7.57. The summed E-state index contributed by atoms with van der Waals surface area (Å²) in [5, 5.41) is 2.96. The van der Waals surface area contributed by atoms with E-state index in [1.165, 1.54) is 24.8 Å². The van der Waals surface area contributed by atoms with Crippen LogP contribution in [0, 0.1) is 6.92 Å². The number of carbonyl (C=O) groups is 1. The fraction of sp³-hybridized carbons (Fsp3) is 0.588. The molecule has 0 radical (unpaired) electrons. The summed E-state index contributed by atoms with van der Waals surface area (Å²) >= 11 is 0. The number of benzene rings is 1. The molecule has 0 aliphatic carbocycles. The topological polar surface area (TPSA) is 58.4 Å². The van der Waals surface area contributed by atoms with Gasteiger partial charge in [0.2, 0.25) is 5.91 Å². The van der Waals surface area contributed by atoms with E-state index >= 15 is 0 Å². The summed E-state index contributed by atoms with van der Waals surface area (Å²) in [5.41, 5.74) is 8.05. The maximum atomic E-state index is 12.1. The van der Waals surface area contributed by atoms with Crippen LogP contribution in [0.25, 0.3) is 0 Å². The number of piperidine rings is 1. The molecule has 1 aliphatic heterocycles. The molecule has 1 amide bonds. The maximum Gasteiger partial charge on any atom is 0.241 e. The van der Waals surface area contributed by atoms with Gasteiger partial charge in [0, 0.05) is 19.1 Å². The molecule has 1 aromatic carbocycles. The Bertz CT molecular complexity index is 458. The zero-order valence-corrected chi connectivity index (χ0v) is 13.1. The van der Waals surface area contributed by atoms with E-state index in [-0.39, 0.29) is 5.91 Å². The lowest BCUT2D eigenvalue weighted by Crippen LogP contribution is -2.44. The van der Waals surface area contributed by atoms with Crippen LogP contribution in [-0.2, 0) is 4.79 Å². The third-order valence-corrected chi connectivity index (χ3v) is 4.36. The molecule has 2 rings (SSSR count). The molecule has 0 spiro atoms. The van der Waals surface area contributed by atoms with E-state index in [0.717, 1.165) is 18.7 Å². The zero-order chi connectivity index (χ0) is 15.2. The van der Waals surface area contributed by atoms with Crippen LogP contribution in [0.1, 0.15) is 43.4 Å². The molecule has 1 heterocycles. The molecular weight excluding hydrogens is 262 g/mol. The minimum atomic E-state index is -0.579. The number of aryl methyl sites for hydroxylation is 1. The molecule has 21 heavy (non-hydrogen) atoms. The monoisotopic (exact) mass is 289 g/mol. The first-order valence-electron chi connectivity index (χ1n) is 7.92. The van der Waals surface area contributed by atoms with Crippen molar-refractivity contribution in [3.63, 3.8) is 0 Å². The molecule has 4 heteroatoms. The normalized spacial score (nSPS) is 21.0. The van der Waals surface area contributed by atoms with Crippen LogP contribution in [-0.4, -0.2) is 36.5 Å². The quantitative estimate of drug-likeness (QED) is 0.871. The summed E-state index contributed by atoms with van der Waals surface area (Å²) in [4.78, 5) is 14.5. The van der Waals surface area contributed by atoms with Gasteiger partial charge >= 0.3 is 0 Å². The van der Waals surface area contributed by atoms with Crippen LogP contribution in [0.15, 0.2) is 24.3 Å². The molecule has 1 aromatic rings. The van der Waals surface area contributed by atoms with E-state index in [9.17, 15) is 4.79 Å². The van der Waals surface area contributed by atoms with Crippen LogP contribution in [0.3, 0.4) is 0 Å². The first-order valence-corrected chi connectivity index (χ1v) is 7.92. The van der Waals surface area contributed by atoms with Crippen molar-refractivity contribution in [2.24, 2.45) is 5.73 Å². The van der Waals surface area contributed by atoms with Crippen LogP contribution in [0.2, 0.25) is 0 Å². The van der Waals surface area contributed by atoms with Crippen LogP contribution in [0.4, 0.5) is 0 Å². The van der Waals surface area contributed by atoms with Gasteiger partial charge in [-0.2, -0.15) is 0 Å². The largest absolute Gasteiger partial charge is 0.353 e. The van der Waals surface area contributed by atoms with Crippen molar-refractivity contribution >= 4 is 5.91 Å². The minimum absolute atomic E-state index is 0.0940. The molecule has 2 atom stereocenters. The first kappa shape index (κ1) is 16.0. The second-order valence-electron chi connectivity index (χ2n) is 6.06.